The summed E-state index contributed by atoms with van der Waals surface area (Å²) in [4.78, 5) is 14.8. The summed E-state index contributed by atoms with van der Waals surface area (Å²) in [6.45, 7) is 1.81. The van der Waals surface area contributed by atoms with Crippen molar-refractivity contribution < 1.29 is 4.79 Å². The van der Waals surface area contributed by atoms with Crippen molar-refractivity contribution in [1.82, 2.24) is 9.47 Å². The van der Waals surface area contributed by atoms with Gasteiger partial charge in [-0.25, -0.2) is 0 Å². The van der Waals surface area contributed by atoms with E-state index in [0.717, 1.165) is 46.9 Å². The van der Waals surface area contributed by atoms with Gasteiger partial charge in [0, 0.05) is 30.2 Å². The van der Waals surface area contributed by atoms with E-state index in [1.807, 2.05) is 23.2 Å². The third-order valence-electron chi connectivity index (χ3n) is 4.04. The van der Waals surface area contributed by atoms with E-state index < -0.39 is 0 Å². The highest BCUT2D eigenvalue weighted by Crippen LogP contribution is 2.24. The predicted octanol–water partition coefficient (Wildman–Crippen LogP) is 4.05. The maximum absolute atomic E-state index is 12.8. The molecule has 1 aromatic heterocycles. The number of para-hydroxylation sites is 1. The van der Waals surface area contributed by atoms with Crippen molar-refractivity contribution in [2.75, 3.05) is 13.1 Å². The van der Waals surface area contributed by atoms with Crippen molar-refractivity contribution in [1.29, 1.82) is 0 Å². The van der Waals surface area contributed by atoms with Gasteiger partial charge in [-0.2, -0.15) is 0 Å². The molecular formula is C16H19IN2O. The molecule has 3 rings (SSSR count). The lowest BCUT2D eigenvalue weighted by Crippen LogP contribution is -2.31. The molecular weight excluding hydrogens is 363 g/mol. The molecule has 0 radical (unpaired) electrons. The van der Waals surface area contributed by atoms with E-state index in [4.69, 9.17) is 0 Å². The molecule has 0 unspecified atom stereocenters. The van der Waals surface area contributed by atoms with Crippen molar-refractivity contribution >= 4 is 39.4 Å². The Morgan fingerprint density at radius 2 is 1.80 bits per heavy atom. The molecule has 2 heterocycles. The third-order valence-corrected chi connectivity index (χ3v) is 4.78. The molecule has 4 heteroatoms. The molecule has 0 saturated carbocycles. The first kappa shape index (κ1) is 13.9. The number of likely N-dealkylation sites (tertiary alicyclic amines) is 1. The molecule has 20 heavy (non-hydrogen) atoms. The molecule has 1 aromatic carbocycles. The molecule has 0 atom stereocenters. The van der Waals surface area contributed by atoms with Gasteiger partial charge in [0.25, 0.3) is 5.91 Å². The summed E-state index contributed by atoms with van der Waals surface area (Å²) < 4.78 is 3.02. The van der Waals surface area contributed by atoms with Crippen LogP contribution in [0.3, 0.4) is 0 Å². The number of amides is 1. The van der Waals surface area contributed by atoms with E-state index in [0.29, 0.717) is 0 Å². The number of rotatable bonds is 2. The van der Waals surface area contributed by atoms with Crippen LogP contribution in [0.4, 0.5) is 0 Å². The van der Waals surface area contributed by atoms with Gasteiger partial charge in [0.15, 0.2) is 0 Å². The number of carbonyl (C=O) groups is 1. The highest BCUT2D eigenvalue weighted by atomic mass is 127. The fourth-order valence-corrected chi connectivity index (χ4v) is 3.52. The van der Waals surface area contributed by atoms with Crippen LogP contribution in [-0.4, -0.2) is 28.5 Å². The maximum atomic E-state index is 12.8. The number of alkyl halides is 1. The minimum Gasteiger partial charge on any atom is -0.339 e. The Balaban J connectivity index is 1.98. The molecule has 2 aromatic rings. The van der Waals surface area contributed by atoms with Crippen LogP contribution in [0, 0.1) is 0 Å². The van der Waals surface area contributed by atoms with Gasteiger partial charge in [-0.15, -0.1) is 0 Å². The number of halogens is 1. The quantitative estimate of drug-likeness (QED) is 0.568. The predicted molar refractivity (Wildman–Crippen MR) is 90.3 cm³/mol. The van der Waals surface area contributed by atoms with Gasteiger partial charge < -0.3 is 9.47 Å². The molecule has 1 aliphatic rings. The average molecular weight is 382 g/mol. The van der Waals surface area contributed by atoms with Crippen LogP contribution in [0.1, 0.15) is 36.0 Å². The highest BCUT2D eigenvalue weighted by Gasteiger charge is 2.21. The first-order chi connectivity index (χ1) is 9.81. The number of fused-ring (bicyclic) bond motifs is 1. The molecule has 1 saturated heterocycles. The summed E-state index contributed by atoms with van der Waals surface area (Å²) in [7, 11) is 0. The van der Waals surface area contributed by atoms with Crippen LogP contribution >= 0.6 is 22.6 Å². The lowest BCUT2D eigenvalue weighted by Gasteiger charge is -2.19. The van der Waals surface area contributed by atoms with Gasteiger partial charge >= 0.3 is 0 Å². The zero-order chi connectivity index (χ0) is 13.9. The lowest BCUT2D eigenvalue weighted by molar-refractivity contribution is 0.0763. The number of nitrogens with zero attached hydrogens (tertiary/aromatic N) is 2. The molecule has 0 N–H and O–H groups in total. The molecule has 3 nitrogen and oxygen atoms in total. The van der Waals surface area contributed by atoms with Crippen molar-refractivity contribution in [3.63, 3.8) is 0 Å². The van der Waals surface area contributed by atoms with Crippen molar-refractivity contribution in [3.05, 3.63) is 36.0 Å². The first-order valence-electron chi connectivity index (χ1n) is 7.24. The van der Waals surface area contributed by atoms with Gasteiger partial charge in [-0.1, -0.05) is 53.6 Å². The first-order valence-corrected chi connectivity index (χ1v) is 8.77. The van der Waals surface area contributed by atoms with E-state index in [9.17, 15) is 4.79 Å². The van der Waals surface area contributed by atoms with Crippen molar-refractivity contribution in [2.24, 2.45) is 0 Å². The van der Waals surface area contributed by atoms with E-state index in [-0.39, 0.29) is 5.91 Å². The Kier molecular flexibility index (Phi) is 4.29. The van der Waals surface area contributed by atoms with E-state index >= 15 is 0 Å². The fourth-order valence-electron chi connectivity index (χ4n) is 2.96. The Morgan fingerprint density at radius 1 is 1.10 bits per heavy atom. The standard InChI is InChI=1S/C16H19IN2O/c17-12-19-11-14(13-7-3-4-8-15(13)19)16(20)18-9-5-1-2-6-10-18/h3-4,7-8,11H,1-2,5-6,9-10,12H2. The molecule has 0 spiro atoms. The van der Waals surface area contributed by atoms with Crippen molar-refractivity contribution in [2.45, 2.75) is 30.2 Å². The average Bonchev–Trinajstić information content (AvgIpc) is 2.66. The maximum Gasteiger partial charge on any atom is 0.256 e. The van der Waals surface area contributed by atoms with E-state index in [1.54, 1.807) is 0 Å². The van der Waals surface area contributed by atoms with Gasteiger partial charge in [-0.05, 0) is 18.9 Å². The summed E-state index contributed by atoms with van der Waals surface area (Å²) in [5, 5.41) is 1.08. The zero-order valence-electron chi connectivity index (χ0n) is 11.5. The number of benzene rings is 1. The topological polar surface area (TPSA) is 25.2 Å². The number of carbonyl (C=O) groups excluding carboxylic acids is 1. The molecule has 106 valence electrons. The lowest BCUT2D eigenvalue weighted by atomic mass is 10.1. The molecule has 0 aliphatic carbocycles. The zero-order valence-corrected chi connectivity index (χ0v) is 13.7. The van der Waals surface area contributed by atoms with Gasteiger partial charge in [0.05, 0.1) is 10.1 Å². The molecule has 1 amide bonds. The number of aromatic nitrogens is 1. The SMILES string of the molecule is O=C(c1cn(CI)c2ccccc12)N1CCCCCC1. The Labute approximate surface area is 133 Å². The summed E-state index contributed by atoms with van der Waals surface area (Å²) in [6.07, 6.45) is 6.79. The summed E-state index contributed by atoms with van der Waals surface area (Å²) in [5.74, 6) is 0.201. The van der Waals surface area contributed by atoms with Gasteiger partial charge in [0.1, 0.15) is 0 Å². The number of hydrogen-bond acceptors (Lipinski definition) is 1. The second-order valence-corrected chi connectivity index (χ2v) is 6.04. The second kappa shape index (κ2) is 6.16. The molecule has 1 aliphatic heterocycles. The van der Waals surface area contributed by atoms with Gasteiger partial charge in [-0.3, -0.25) is 4.79 Å². The van der Waals surface area contributed by atoms with Crippen LogP contribution in [-0.2, 0) is 4.55 Å². The Hall–Kier alpha value is -1.04. The Morgan fingerprint density at radius 3 is 2.50 bits per heavy atom. The third kappa shape index (κ3) is 2.57. The Bertz CT molecular complexity index is 612. The van der Waals surface area contributed by atoms with Crippen LogP contribution < -0.4 is 0 Å². The summed E-state index contributed by atoms with van der Waals surface area (Å²) in [6, 6.07) is 8.20. The normalized spacial score (nSPS) is 16.4. The minimum absolute atomic E-state index is 0.201. The second-order valence-electron chi connectivity index (χ2n) is 5.36. The fraction of sp³-hybridized carbons (Fsp3) is 0.438. The van der Waals surface area contributed by atoms with Crippen LogP contribution in [0.5, 0.6) is 0 Å². The smallest absolute Gasteiger partial charge is 0.256 e. The molecule has 0 bridgehead atoms. The van der Waals surface area contributed by atoms with Crippen LogP contribution in [0.2, 0.25) is 0 Å². The largest absolute Gasteiger partial charge is 0.339 e. The van der Waals surface area contributed by atoms with E-state index in [2.05, 4.69) is 39.3 Å². The summed E-state index contributed by atoms with van der Waals surface area (Å²) >= 11 is 2.34. The highest BCUT2D eigenvalue weighted by molar-refractivity contribution is 14.1. The van der Waals surface area contributed by atoms with E-state index in [1.165, 1.54) is 12.8 Å². The van der Waals surface area contributed by atoms with Crippen LogP contribution in [0.25, 0.3) is 10.9 Å². The minimum atomic E-state index is 0.201. The van der Waals surface area contributed by atoms with Gasteiger partial charge in [0.2, 0.25) is 0 Å². The molecule has 1 fully saturated rings. The van der Waals surface area contributed by atoms with Crippen molar-refractivity contribution in [3.8, 4) is 0 Å². The monoisotopic (exact) mass is 382 g/mol. The number of hydrogen-bond donors (Lipinski definition) is 0. The van der Waals surface area contributed by atoms with Crippen LogP contribution in [0.15, 0.2) is 30.5 Å². The summed E-state index contributed by atoms with van der Waals surface area (Å²) in [5.41, 5.74) is 2.01.